The van der Waals surface area contributed by atoms with Gasteiger partial charge in [-0.05, 0) is 28.1 Å². The summed E-state index contributed by atoms with van der Waals surface area (Å²) in [7, 11) is 1.58. The highest BCUT2D eigenvalue weighted by molar-refractivity contribution is 9.10. The minimum absolute atomic E-state index is 0.103. The zero-order valence-electron chi connectivity index (χ0n) is 8.71. The van der Waals surface area contributed by atoms with Crippen LogP contribution in [0.1, 0.15) is 5.56 Å². The first-order valence-corrected chi connectivity index (χ1v) is 5.79. The number of thiocarbonyl (C=S) groups is 1. The van der Waals surface area contributed by atoms with Gasteiger partial charge in [0.05, 0.1) is 6.54 Å². The quantitative estimate of drug-likeness (QED) is 0.732. The minimum atomic E-state index is -0.103. The van der Waals surface area contributed by atoms with E-state index in [0.717, 1.165) is 10.2 Å². The van der Waals surface area contributed by atoms with Crippen LogP contribution in [0.25, 0.3) is 0 Å². The SMILES string of the molecule is CNC(=O)CNc1cccc(Br)c1C(N)=S. The summed E-state index contributed by atoms with van der Waals surface area (Å²) in [6, 6.07) is 5.51. The number of anilines is 1. The van der Waals surface area contributed by atoms with Crippen molar-refractivity contribution in [1.82, 2.24) is 5.32 Å². The number of nitrogens with one attached hydrogen (secondary N) is 2. The van der Waals surface area contributed by atoms with E-state index in [9.17, 15) is 4.79 Å². The molecule has 0 unspecified atom stereocenters. The van der Waals surface area contributed by atoms with Gasteiger partial charge in [0.25, 0.3) is 0 Å². The minimum Gasteiger partial charge on any atom is -0.389 e. The van der Waals surface area contributed by atoms with Gasteiger partial charge in [0.1, 0.15) is 4.99 Å². The van der Waals surface area contributed by atoms with E-state index >= 15 is 0 Å². The number of likely N-dealkylation sites (N-methyl/N-ethyl adjacent to an activating group) is 1. The van der Waals surface area contributed by atoms with Crippen molar-refractivity contribution in [3.63, 3.8) is 0 Å². The molecule has 0 atom stereocenters. The Morgan fingerprint density at radius 2 is 2.25 bits per heavy atom. The maximum atomic E-state index is 11.1. The number of hydrogen-bond donors (Lipinski definition) is 3. The van der Waals surface area contributed by atoms with E-state index in [0.29, 0.717) is 5.56 Å². The van der Waals surface area contributed by atoms with Gasteiger partial charge in [-0.2, -0.15) is 0 Å². The van der Waals surface area contributed by atoms with Crippen molar-refractivity contribution in [2.24, 2.45) is 5.73 Å². The number of rotatable bonds is 4. The van der Waals surface area contributed by atoms with Gasteiger partial charge in [-0.3, -0.25) is 4.79 Å². The van der Waals surface area contributed by atoms with E-state index in [1.807, 2.05) is 18.2 Å². The smallest absolute Gasteiger partial charge is 0.239 e. The fourth-order valence-corrected chi connectivity index (χ4v) is 2.12. The molecule has 0 aliphatic carbocycles. The fourth-order valence-electron chi connectivity index (χ4n) is 1.19. The number of benzene rings is 1. The molecular formula is C10H12BrN3OS. The molecule has 16 heavy (non-hydrogen) atoms. The van der Waals surface area contributed by atoms with E-state index < -0.39 is 0 Å². The maximum Gasteiger partial charge on any atom is 0.239 e. The topological polar surface area (TPSA) is 67.2 Å². The summed E-state index contributed by atoms with van der Waals surface area (Å²) in [5, 5.41) is 5.50. The number of carbonyl (C=O) groups is 1. The van der Waals surface area contributed by atoms with Gasteiger partial charge in [-0.15, -0.1) is 0 Å². The second-order valence-corrected chi connectivity index (χ2v) is 4.35. The molecule has 0 saturated carbocycles. The van der Waals surface area contributed by atoms with Crippen LogP contribution in [0.15, 0.2) is 22.7 Å². The lowest BCUT2D eigenvalue weighted by molar-refractivity contribution is -0.118. The molecule has 0 heterocycles. The highest BCUT2D eigenvalue weighted by atomic mass is 79.9. The standard InChI is InChI=1S/C10H12BrN3OS/c1-13-8(15)5-14-7-4-2-3-6(11)9(7)10(12)16/h2-4,14H,5H2,1H3,(H2,12,16)(H,13,15). The Bertz CT molecular complexity index is 423. The van der Waals surface area contributed by atoms with Gasteiger partial charge in [-0.25, -0.2) is 0 Å². The first-order valence-electron chi connectivity index (χ1n) is 4.59. The Hall–Kier alpha value is -1.14. The third-order valence-electron chi connectivity index (χ3n) is 1.98. The largest absolute Gasteiger partial charge is 0.389 e. The summed E-state index contributed by atoms with van der Waals surface area (Å²) in [5.74, 6) is -0.103. The molecule has 86 valence electrons. The molecule has 1 aromatic carbocycles. The Balaban J connectivity index is 2.91. The summed E-state index contributed by atoms with van der Waals surface area (Å²) in [6.45, 7) is 0.183. The Morgan fingerprint density at radius 1 is 1.56 bits per heavy atom. The summed E-state index contributed by atoms with van der Waals surface area (Å²) < 4.78 is 0.807. The van der Waals surface area contributed by atoms with E-state index in [2.05, 4.69) is 26.6 Å². The van der Waals surface area contributed by atoms with Crippen molar-refractivity contribution in [1.29, 1.82) is 0 Å². The number of halogens is 1. The summed E-state index contributed by atoms with van der Waals surface area (Å²) in [4.78, 5) is 11.4. The molecule has 1 rings (SSSR count). The average Bonchev–Trinajstić information content (AvgIpc) is 2.25. The second kappa shape index (κ2) is 5.81. The third-order valence-corrected chi connectivity index (χ3v) is 2.84. The molecule has 0 fully saturated rings. The molecule has 0 spiro atoms. The summed E-state index contributed by atoms with van der Waals surface area (Å²) in [5.41, 5.74) is 7.07. The lowest BCUT2D eigenvalue weighted by atomic mass is 10.2. The third kappa shape index (κ3) is 3.18. The average molecular weight is 302 g/mol. The monoisotopic (exact) mass is 301 g/mol. The maximum absolute atomic E-state index is 11.1. The molecule has 0 bridgehead atoms. The molecule has 0 radical (unpaired) electrons. The van der Waals surface area contributed by atoms with Crippen molar-refractivity contribution in [2.75, 3.05) is 18.9 Å². The number of nitrogens with two attached hydrogens (primary N) is 1. The van der Waals surface area contributed by atoms with Gasteiger partial charge in [-0.1, -0.05) is 18.3 Å². The lowest BCUT2D eigenvalue weighted by Gasteiger charge is -2.11. The van der Waals surface area contributed by atoms with Crippen LogP contribution in [0.2, 0.25) is 0 Å². The number of amides is 1. The molecule has 4 nitrogen and oxygen atoms in total. The Kier molecular flexibility index (Phi) is 4.70. The molecule has 0 saturated heterocycles. The van der Waals surface area contributed by atoms with Gasteiger partial charge in [0.15, 0.2) is 0 Å². The number of carbonyl (C=O) groups excluding carboxylic acids is 1. The van der Waals surface area contributed by atoms with E-state index in [1.54, 1.807) is 7.05 Å². The molecule has 0 aliphatic rings. The van der Waals surface area contributed by atoms with Crippen LogP contribution >= 0.6 is 28.1 Å². The first-order chi connectivity index (χ1) is 7.56. The van der Waals surface area contributed by atoms with Crippen LogP contribution < -0.4 is 16.4 Å². The molecule has 1 amide bonds. The molecule has 0 aliphatic heterocycles. The number of hydrogen-bond acceptors (Lipinski definition) is 3. The van der Waals surface area contributed by atoms with Gasteiger partial charge < -0.3 is 16.4 Å². The second-order valence-electron chi connectivity index (χ2n) is 3.05. The molecular weight excluding hydrogens is 290 g/mol. The van der Waals surface area contributed by atoms with Crippen molar-refractivity contribution in [2.45, 2.75) is 0 Å². The molecule has 4 N–H and O–H groups in total. The Labute approximate surface area is 108 Å². The van der Waals surface area contributed by atoms with Crippen molar-refractivity contribution in [3.8, 4) is 0 Å². The first kappa shape index (κ1) is 12.9. The van der Waals surface area contributed by atoms with E-state index in [-0.39, 0.29) is 17.4 Å². The Morgan fingerprint density at radius 3 is 2.81 bits per heavy atom. The predicted octanol–water partition coefficient (Wildman–Crippen LogP) is 1.24. The van der Waals surface area contributed by atoms with Crippen molar-refractivity contribution in [3.05, 3.63) is 28.2 Å². The van der Waals surface area contributed by atoms with Crippen LogP contribution in [-0.2, 0) is 4.79 Å². The van der Waals surface area contributed by atoms with Crippen LogP contribution in [0.5, 0.6) is 0 Å². The molecule has 6 heteroatoms. The van der Waals surface area contributed by atoms with Gasteiger partial charge >= 0.3 is 0 Å². The molecule has 0 aromatic heterocycles. The summed E-state index contributed by atoms with van der Waals surface area (Å²) in [6.07, 6.45) is 0. The van der Waals surface area contributed by atoms with Crippen molar-refractivity contribution < 1.29 is 4.79 Å². The van der Waals surface area contributed by atoms with Gasteiger partial charge in [0.2, 0.25) is 5.91 Å². The van der Waals surface area contributed by atoms with E-state index in [1.165, 1.54) is 0 Å². The van der Waals surface area contributed by atoms with Crippen molar-refractivity contribution >= 4 is 44.7 Å². The van der Waals surface area contributed by atoms with Crippen LogP contribution in [0, 0.1) is 0 Å². The zero-order valence-corrected chi connectivity index (χ0v) is 11.1. The predicted molar refractivity (Wildman–Crippen MR) is 72.6 cm³/mol. The highest BCUT2D eigenvalue weighted by Gasteiger charge is 2.09. The zero-order chi connectivity index (χ0) is 12.1. The van der Waals surface area contributed by atoms with Crippen LogP contribution in [-0.4, -0.2) is 24.5 Å². The molecule has 1 aromatic rings. The van der Waals surface area contributed by atoms with E-state index in [4.69, 9.17) is 18.0 Å². The summed E-state index contributed by atoms with van der Waals surface area (Å²) >= 11 is 8.32. The fraction of sp³-hybridized carbons (Fsp3) is 0.200. The van der Waals surface area contributed by atoms with Crippen LogP contribution in [0.3, 0.4) is 0 Å². The highest BCUT2D eigenvalue weighted by Crippen LogP contribution is 2.24. The van der Waals surface area contributed by atoms with Gasteiger partial charge in [0, 0.05) is 22.8 Å². The van der Waals surface area contributed by atoms with Crippen LogP contribution in [0.4, 0.5) is 5.69 Å². The normalized spacial score (nSPS) is 9.62. The lowest BCUT2D eigenvalue weighted by Crippen LogP contribution is -2.27.